The van der Waals surface area contributed by atoms with Crippen LogP contribution in [0.1, 0.15) is 24.7 Å². The van der Waals surface area contributed by atoms with Crippen molar-refractivity contribution in [1.82, 2.24) is 4.90 Å². The molecule has 0 atom stereocenters. The second kappa shape index (κ2) is 9.35. The van der Waals surface area contributed by atoms with Crippen molar-refractivity contribution >= 4 is 57.8 Å². The highest BCUT2D eigenvalue weighted by Gasteiger charge is 2.33. The smallest absolute Gasteiger partial charge is 0.266 e. The summed E-state index contributed by atoms with van der Waals surface area (Å²) in [4.78, 5) is 20.0. The van der Waals surface area contributed by atoms with E-state index < -0.39 is 0 Å². The maximum atomic E-state index is 13.0. The number of furan rings is 1. The summed E-state index contributed by atoms with van der Waals surface area (Å²) in [6.45, 7) is 4.68. The van der Waals surface area contributed by atoms with E-state index in [1.54, 1.807) is 23.1 Å². The second-order valence-electron chi connectivity index (χ2n) is 7.13. The predicted molar refractivity (Wildman–Crippen MR) is 130 cm³/mol. The molecule has 1 aliphatic heterocycles. The molecule has 2 aromatic carbocycles. The van der Waals surface area contributed by atoms with E-state index in [2.05, 4.69) is 0 Å². The Kier molecular flexibility index (Phi) is 6.56. The van der Waals surface area contributed by atoms with Gasteiger partial charge in [-0.25, -0.2) is 4.99 Å². The Morgan fingerprint density at radius 1 is 1.06 bits per heavy atom. The SMILES string of the molecule is CCCN1C(=O)/C(=C\c2ccc(-c3ccc(Cl)c(Cl)c3)o2)SC1=Nc1ccc(C)cc1. The minimum absolute atomic E-state index is 0.0646. The number of thioether (sulfide) groups is 1. The molecule has 0 radical (unpaired) electrons. The van der Waals surface area contributed by atoms with Gasteiger partial charge in [-0.15, -0.1) is 0 Å². The molecule has 4 rings (SSSR count). The van der Waals surface area contributed by atoms with Gasteiger partial charge in [0.25, 0.3) is 5.91 Å². The van der Waals surface area contributed by atoms with Crippen molar-refractivity contribution in [2.75, 3.05) is 6.54 Å². The number of aliphatic imine (C=N–C) groups is 1. The maximum Gasteiger partial charge on any atom is 0.266 e. The normalized spacial score (nSPS) is 16.6. The maximum absolute atomic E-state index is 13.0. The van der Waals surface area contributed by atoms with Gasteiger partial charge in [-0.05, 0) is 67.6 Å². The van der Waals surface area contributed by atoms with Crippen LogP contribution >= 0.6 is 35.0 Å². The van der Waals surface area contributed by atoms with Crippen molar-refractivity contribution in [2.45, 2.75) is 20.3 Å². The number of rotatable bonds is 5. The van der Waals surface area contributed by atoms with Gasteiger partial charge in [0.15, 0.2) is 5.17 Å². The Labute approximate surface area is 195 Å². The molecular weight excluding hydrogens is 451 g/mol. The fourth-order valence-electron chi connectivity index (χ4n) is 3.11. The fourth-order valence-corrected chi connectivity index (χ4v) is 4.41. The van der Waals surface area contributed by atoms with Crippen LogP contribution in [0.15, 0.2) is 68.9 Å². The van der Waals surface area contributed by atoms with Crippen LogP contribution < -0.4 is 0 Å². The summed E-state index contributed by atoms with van der Waals surface area (Å²) in [5.74, 6) is 1.18. The third-order valence-electron chi connectivity index (χ3n) is 4.70. The number of halogens is 2. The molecule has 0 bridgehead atoms. The van der Waals surface area contributed by atoms with Crippen molar-refractivity contribution in [3.63, 3.8) is 0 Å². The van der Waals surface area contributed by atoms with Crippen molar-refractivity contribution in [3.05, 3.63) is 80.9 Å². The summed E-state index contributed by atoms with van der Waals surface area (Å²) in [6.07, 6.45) is 2.60. The van der Waals surface area contributed by atoms with E-state index in [1.165, 1.54) is 17.3 Å². The van der Waals surface area contributed by atoms with Crippen LogP contribution in [0.5, 0.6) is 0 Å². The minimum Gasteiger partial charge on any atom is -0.457 e. The van der Waals surface area contributed by atoms with Crippen LogP contribution in [0.3, 0.4) is 0 Å². The zero-order valence-corrected chi connectivity index (χ0v) is 19.4. The largest absolute Gasteiger partial charge is 0.457 e. The average Bonchev–Trinajstić information content (AvgIpc) is 3.33. The Hall–Kier alpha value is -2.47. The molecule has 0 N–H and O–H groups in total. The van der Waals surface area contributed by atoms with Crippen molar-refractivity contribution in [2.24, 2.45) is 4.99 Å². The van der Waals surface area contributed by atoms with Crippen LogP contribution in [-0.2, 0) is 4.79 Å². The number of hydrogen-bond acceptors (Lipinski definition) is 4. The van der Waals surface area contributed by atoms with Gasteiger partial charge in [-0.3, -0.25) is 9.69 Å². The third-order valence-corrected chi connectivity index (χ3v) is 6.44. The van der Waals surface area contributed by atoms with Crippen molar-refractivity contribution < 1.29 is 9.21 Å². The van der Waals surface area contributed by atoms with Crippen LogP contribution in [0.25, 0.3) is 17.4 Å². The Morgan fingerprint density at radius 2 is 1.84 bits per heavy atom. The summed E-state index contributed by atoms with van der Waals surface area (Å²) in [6, 6.07) is 16.9. The molecule has 1 amide bonds. The van der Waals surface area contributed by atoms with Crippen molar-refractivity contribution in [3.8, 4) is 11.3 Å². The molecule has 0 spiro atoms. The number of benzene rings is 2. The molecule has 4 nitrogen and oxygen atoms in total. The third kappa shape index (κ3) is 4.90. The van der Waals surface area contributed by atoms with E-state index in [-0.39, 0.29) is 5.91 Å². The second-order valence-corrected chi connectivity index (χ2v) is 8.95. The minimum atomic E-state index is -0.0646. The summed E-state index contributed by atoms with van der Waals surface area (Å²) in [5.41, 5.74) is 2.81. The molecular formula is C24H20Cl2N2O2S. The lowest BCUT2D eigenvalue weighted by molar-refractivity contribution is -0.122. The molecule has 3 aromatic rings. The highest BCUT2D eigenvalue weighted by atomic mass is 35.5. The molecule has 1 fully saturated rings. The number of aryl methyl sites for hydroxylation is 1. The van der Waals surface area contributed by atoms with Gasteiger partial charge < -0.3 is 4.42 Å². The lowest BCUT2D eigenvalue weighted by atomic mass is 10.2. The van der Waals surface area contributed by atoms with Gasteiger partial charge in [0.05, 0.1) is 20.6 Å². The van der Waals surface area contributed by atoms with Crippen LogP contribution in [-0.4, -0.2) is 22.5 Å². The molecule has 1 saturated heterocycles. The number of hydrogen-bond donors (Lipinski definition) is 0. The lowest BCUT2D eigenvalue weighted by Gasteiger charge is -2.13. The zero-order chi connectivity index (χ0) is 22.0. The molecule has 1 aliphatic rings. The number of carbonyl (C=O) groups excluding carboxylic acids is 1. The van der Waals surface area contributed by atoms with Gasteiger partial charge in [0.2, 0.25) is 0 Å². The Bertz CT molecular complexity index is 1180. The highest BCUT2D eigenvalue weighted by molar-refractivity contribution is 8.18. The molecule has 31 heavy (non-hydrogen) atoms. The van der Waals surface area contributed by atoms with E-state index in [0.717, 1.165) is 17.7 Å². The average molecular weight is 471 g/mol. The number of carbonyl (C=O) groups is 1. The first-order chi connectivity index (χ1) is 14.9. The van der Waals surface area contributed by atoms with Crippen LogP contribution in [0, 0.1) is 6.92 Å². The van der Waals surface area contributed by atoms with Gasteiger partial charge in [-0.1, -0.05) is 47.8 Å². The Morgan fingerprint density at radius 3 is 2.55 bits per heavy atom. The predicted octanol–water partition coefficient (Wildman–Crippen LogP) is 7.58. The molecule has 0 unspecified atom stereocenters. The van der Waals surface area contributed by atoms with Crippen molar-refractivity contribution in [1.29, 1.82) is 0 Å². The first kappa shape index (κ1) is 21.8. The van der Waals surface area contributed by atoms with Crippen LogP contribution in [0.2, 0.25) is 10.0 Å². The molecule has 0 saturated carbocycles. The number of nitrogens with zero attached hydrogens (tertiary/aromatic N) is 2. The Balaban J connectivity index is 1.61. The van der Waals surface area contributed by atoms with Gasteiger partial charge in [0.1, 0.15) is 11.5 Å². The summed E-state index contributed by atoms with van der Waals surface area (Å²) >= 11 is 13.5. The van der Waals surface area contributed by atoms with E-state index in [4.69, 9.17) is 32.6 Å². The topological polar surface area (TPSA) is 45.8 Å². The molecule has 158 valence electrons. The molecule has 0 aliphatic carbocycles. The zero-order valence-electron chi connectivity index (χ0n) is 17.1. The molecule has 2 heterocycles. The standard InChI is InChI=1S/C24H20Cl2N2O2S/c1-3-12-28-23(29)22(31-24(28)27-17-7-4-15(2)5-8-17)14-18-9-11-21(30-18)16-6-10-19(25)20(26)13-16/h4-11,13-14H,3,12H2,1-2H3/b22-14+,27-24?. The van der Waals surface area contributed by atoms with E-state index in [1.807, 2.05) is 56.3 Å². The summed E-state index contributed by atoms with van der Waals surface area (Å²) < 4.78 is 5.93. The summed E-state index contributed by atoms with van der Waals surface area (Å²) in [7, 11) is 0. The van der Waals surface area contributed by atoms with E-state index in [9.17, 15) is 4.79 Å². The van der Waals surface area contributed by atoms with E-state index >= 15 is 0 Å². The van der Waals surface area contributed by atoms with Gasteiger partial charge in [0, 0.05) is 18.2 Å². The number of amides is 1. The fraction of sp³-hybridized carbons (Fsp3) is 0.167. The van der Waals surface area contributed by atoms with Gasteiger partial charge >= 0.3 is 0 Å². The number of amidine groups is 1. The molecule has 1 aromatic heterocycles. The first-order valence-corrected chi connectivity index (χ1v) is 11.4. The van der Waals surface area contributed by atoms with Crippen LogP contribution in [0.4, 0.5) is 5.69 Å². The monoisotopic (exact) mass is 470 g/mol. The van der Waals surface area contributed by atoms with Gasteiger partial charge in [-0.2, -0.15) is 0 Å². The van der Waals surface area contributed by atoms with E-state index in [0.29, 0.717) is 38.2 Å². The highest BCUT2D eigenvalue weighted by Crippen LogP contribution is 2.35. The summed E-state index contributed by atoms with van der Waals surface area (Å²) in [5, 5.41) is 1.63. The quantitative estimate of drug-likeness (QED) is 0.361. The first-order valence-electron chi connectivity index (χ1n) is 9.86. The lowest BCUT2D eigenvalue weighted by Crippen LogP contribution is -2.29. The molecule has 7 heteroatoms.